The number of fused-ring (bicyclic) bond motifs is 1. The Hall–Kier alpha value is -3.41. The van der Waals surface area contributed by atoms with Crippen LogP contribution in [0.15, 0.2) is 46.6 Å². The minimum Gasteiger partial charge on any atom is -0.464 e. The highest BCUT2D eigenvalue weighted by atomic mass is 16.5. The number of nitrogens with zero attached hydrogens (tertiary/aromatic N) is 4. The van der Waals surface area contributed by atoms with Gasteiger partial charge in [-0.25, -0.2) is 4.79 Å². The number of hydrogen-bond acceptors (Lipinski definition) is 9. The molecule has 1 aromatic carbocycles. The van der Waals surface area contributed by atoms with Crippen LogP contribution < -0.4 is 10.6 Å². The molecule has 43 heavy (non-hydrogen) atoms. The molecular formula is C30H41BN6O6. The lowest BCUT2D eigenvalue weighted by Gasteiger charge is -2.46. The van der Waals surface area contributed by atoms with Gasteiger partial charge in [0, 0.05) is 56.2 Å². The van der Waals surface area contributed by atoms with E-state index < -0.39 is 24.6 Å². The molecule has 4 heterocycles. The SMILES string of the molecule is CC(C)(/C=C(\C#N)C(=O)N1CCC[C@@H]1CNC(=O)N[C@@H](Cc1coc2ccccc12)B(O)O)N1CCN(C2COC2)CC1. The van der Waals surface area contributed by atoms with Gasteiger partial charge in [-0.1, -0.05) is 18.2 Å². The molecule has 1 aromatic heterocycles. The van der Waals surface area contributed by atoms with Gasteiger partial charge in [-0.2, -0.15) is 5.26 Å². The standard InChI is InChI=1S/C30H41BN6O6/c1-30(2,36-12-10-35(11-13-36)24-19-42-20-24)15-22(16-32)28(38)37-9-5-6-23(37)17-33-29(39)34-27(31(40)41)14-21-18-43-26-8-4-3-7-25(21)26/h3-4,7-8,15,18,23-24,27,40-41H,5-6,9-14,17,19-20H2,1-2H3,(H2,33,34,39)/b22-15+/t23-,27+/m1/s1. The number of rotatable bonds is 10. The van der Waals surface area contributed by atoms with Crippen LogP contribution >= 0.6 is 0 Å². The molecule has 3 aliphatic heterocycles. The third-order valence-electron chi connectivity index (χ3n) is 8.93. The van der Waals surface area contributed by atoms with Crippen LogP contribution in [0, 0.1) is 11.3 Å². The molecule has 5 rings (SSSR count). The monoisotopic (exact) mass is 592 g/mol. The minimum atomic E-state index is -1.79. The molecule has 0 aliphatic carbocycles. The number of ether oxygens (including phenoxy) is 1. The van der Waals surface area contributed by atoms with Crippen molar-refractivity contribution < 1.29 is 28.8 Å². The highest BCUT2D eigenvalue weighted by Crippen LogP contribution is 2.25. The first-order chi connectivity index (χ1) is 20.7. The van der Waals surface area contributed by atoms with Gasteiger partial charge < -0.3 is 34.7 Å². The van der Waals surface area contributed by atoms with Crippen LogP contribution in [0.1, 0.15) is 32.3 Å². The first kappa shape index (κ1) is 31.0. The molecule has 0 saturated carbocycles. The Labute approximate surface area is 252 Å². The minimum absolute atomic E-state index is 0.104. The van der Waals surface area contributed by atoms with Crippen LogP contribution in [0.2, 0.25) is 0 Å². The molecule has 2 aromatic rings. The second kappa shape index (κ2) is 13.5. The molecule has 2 atom stereocenters. The number of likely N-dealkylation sites (tertiary alicyclic amines) is 1. The number of piperazine rings is 1. The first-order valence-corrected chi connectivity index (χ1v) is 15.0. The molecule has 3 amide bonds. The van der Waals surface area contributed by atoms with Gasteiger partial charge in [0.1, 0.15) is 17.2 Å². The van der Waals surface area contributed by atoms with Crippen molar-refractivity contribution in [3.05, 3.63) is 47.7 Å². The van der Waals surface area contributed by atoms with E-state index in [9.17, 15) is 24.9 Å². The number of carbonyl (C=O) groups excluding carboxylic acids is 2. The van der Waals surface area contributed by atoms with E-state index in [1.165, 1.54) is 0 Å². The number of amides is 3. The normalized spacial score (nSPS) is 21.3. The molecule has 4 N–H and O–H groups in total. The van der Waals surface area contributed by atoms with Crippen molar-refractivity contribution in [2.75, 3.05) is 52.5 Å². The summed E-state index contributed by atoms with van der Waals surface area (Å²) in [7, 11) is -1.79. The maximum absolute atomic E-state index is 13.5. The van der Waals surface area contributed by atoms with Gasteiger partial charge in [-0.3, -0.25) is 14.6 Å². The van der Waals surface area contributed by atoms with Crippen molar-refractivity contribution in [1.29, 1.82) is 5.26 Å². The molecule has 13 heteroatoms. The van der Waals surface area contributed by atoms with Crippen molar-refractivity contribution >= 4 is 30.0 Å². The van der Waals surface area contributed by atoms with Crippen molar-refractivity contribution in [1.82, 2.24) is 25.3 Å². The number of hydrogen-bond donors (Lipinski definition) is 4. The fourth-order valence-electron chi connectivity index (χ4n) is 6.24. The molecular weight excluding hydrogens is 551 g/mol. The third kappa shape index (κ3) is 7.22. The Morgan fingerprint density at radius 1 is 1.19 bits per heavy atom. The van der Waals surface area contributed by atoms with Crippen LogP contribution in [0.5, 0.6) is 0 Å². The van der Waals surface area contributed by atoms with Gasteiger partial charge in [0.2, 0.25) is 0 Å². The first-order valence-electron chi connectivity index (χ1n) is 15.0. The highest BCUT2D eigenvalue weighted by molar-refractivity contribution is 6.43. The van der Waals surface area contributed by atoms with Gasteiger partial charge in [0.15, 0.2) is 0 Å². The summed E-state index contributed by atoms with van der Waals surface area (Å²) in [4.78, 5) is 32.7. The summed E-state index contributed by atoms with van der Waals surface area (Å²) in [6, 6.07) is 9.18. The summed E-state index contributed by atoms with van der Waals surface area (Å²) >= 11 is 0. The molecule has 0 spiro atoms. The highest BCUT2D eigenvalue weighted by Gasteiger charge is 2.36. The molecule has 230 valence electrons. The van der Waals surface area contributed by atoms with Crippen molar-refractivity contribution in [2.45, 2.75) is 56.7 Å². The van der Waals surface area contributed by atoms with Gasteiger partial charge in [0.05, 0.1) is 31.5 Å². The topological polar surface area (TPSA) is 155 Å². The molecule has 0 bridgehead atoms. The second-order valence-electron chi connectivity index (χ2n) is 12.2. The predicted molar refractivity (Wildman–Crippen MR) is 161 cm³/mol. The van der Waals surface area contributed by atoms with E-state index in [-0.39, 0.29) is 30.5 Å². The largest absolute Gasteiger partial charge is 0.475 e. The van der Waals surface area contributed by atoms with E-state index in [2.05, 4.69) is 26.5 Å². The Morgan fingerprint density at radius 3 is 2.60 bits per heavy atom. The van der Waals surface area contributed by atoms with Gasteiger partial charge >= 0.3 is 13.1 Å². The van der Waals surface area contributed by atoms with E-state index in [0.717, 1.165) is 56.8 Å². The van der Waals surface area contributed by atoms with Gasteiger partial charge in [0.25, 0.3) is 5.91 Å². The molecule has 3 saturated heterocycles. The molecule has 12 nitrogen and oxygen atoms in total. The van der Waals surface area contributed by atoms with E-state index in [0.29, 0.717) is 24.6 Å². The summed E-state index contributed by atoms with van der Waals surface area (Å²) in [6.07, 6.45) is 4.94. The number of carbonyl (C=O) groups is 2. The van der Waals surface area contributed by atoms with Crippen LogP contribution in [0.25, 0.3) is 11.0 Å². The molecule has 0 unspecified atom stereocenters. The third-order valence-corrected chi connectivity index (χ3v) is 8.93. The molecule has 3 fully saturated rings. The fourth-order valence-corrected chi connectivity index (χ4v) is 6.24. The maximum atomic E-state index is 13.5. The number of nitriles is 1. The quantitative estimate of drug-likeness (QED) is 0.179. The Morgan fingerprint density at radius 2 is 1.93 bits per heavy atom. The predicted octanol–water partition coefficient (Wildman–Crippen LogP) is 0.891. The number of para-hydroxylation sites is 1. The Balaban J connectivity index is 1.15. The number of nitrogens with one attached hydrogen (secondary N) is 2. The molecule has 3 aliphatic rings. The zero-order valence-electron chi connectivity index (χ0n) is 24.9. The van der Waals surface area contributed by atoms with Crippen molar-refractivity contribution in [3.8, 4) is 6.07 Å². The van der Waals surface area contributed by atoms with Gasteiger partial charge in [-0.05, 0) is 50.8 Å². The summed E-state index contributed by atoms with van der Waals surface area (Å²) in [5, 5.41) is 36.1. The van der Waals surface area contributed by atoms with E-state index in [1.54, 1.807) is 17.2 Å². The summed E-state index contributed by atoms with van der Waals surface area (Å²) in [6.45, 7) is 9.86. The van der Waals surface area contributed by atoms with E-state index in [4.69, 9.17) is 9.15 Å². The fraction of sp³-hybridized carbons (Fsp3) is 0.567. The average Bonchev–Trinajstić information content (AvgIpc) is 3.61. The Bertz CT molecular complexity index is 1360. The van der Waals surface area contributed by atoms with Gasteiger partial charge in [-0.15, -0.1) is 0 Å². The number of benzene rings is 1. The van der Waals surface area contributed by atoms with Crippen LogP contribution in [0.4, 0.5) is 4.79 Å². The van der Waals surface area contributed by atoms with Crippen LogP contribution in [-0.2, 0) is 16.0 Å². The second-order valence-corrected chi connectivity index (χ2v) is 12.2. The maximum Gasteiger partial charge on any atom is 0.475 e. The number of urea groups is 1. The van der Waals surface area contributed by atoms with Crippen LogP contribution in [0.3, 0.4) is 0 Å². The summed E-state index contributed by atoms with van der Waals surface area (Å²) in [5.74, 6) is -1.30. The van der Waals surface area contributed by atoms with E-state index in [1.807, 2.05) is 38.1 Å². The zero-order chi connectivity index (χ0) is 30.6. The number of furan rings is 1. The smallest absolute Gasteiger partial charge is 0.464 e. The Kier molecular flexibility index (Phi) is 9.73. The zero-order valence-corrected chi connectivity index (χ0v) is 24.9. The summed E-state index contributed by atoms with van der Waals surface area (Å²) in [5.41, 5.74) is 1.05. The van der Waals surface area contributed by atoms with Crippen LogP contribution in [-0.4, -0.2) is 120 Å². The summed E-state index contributed by atoms with van der Waals surface area (Å²) < 4.78 is 10.9. The lowest BCUT2D eigenvalue weighted by Crippen LogP contribution is -2.59. The lowest BCUT2D eigenvalue weighted by atomic mass is 9.76. The lowest BCUT2D eigenvalue weighted by molar-refractivity contribution is -0.127. The van der Waals surface area contributed by atoms with E-state index >= 15 is 0 Å². The average molecular weight is 593 g/mol. The molecule has 0 radical (unpaired) electrons. The van der Waals surface area contributed by atoms with Crippen molar-refractivity contribution in [3.63, 3.8) is 0 Å². The van der Waals surface area contributed by atoms with Crippen molar-refractivity contribution in [2.24, 2.45) is 0 Å².